The predicted molar refractivity (Wildman–Crippen MR) is 186 cm³/mol. The molecule has 7 rings (SSSR count). The lowest BCUT2D eigenvalue weighted by molar-refractivity contribution is 0.0575. The third-order valence-electron chi connectivity index (χ3n) is 10.0. The van der Waals surface area contributed by atoms with Crippen LogP contribution in [0.25, 0.3) is 5.65 Å². The predicted octanol–water partition coefficient (Wildman–Crippen LogP) is 4.46. The van der Waals surface area contributed by atoms with Crippen molar-refractivity contribution < 1.29 is 28.7 Å². The number of nitrogens with one attached hydrogen (secondary N) is 1. The fraction of sp³-hybridized carbons (Fsp3) is 0.405. The molecule has 2 amide bonds. The van der Waals surface area contributed by atoms with Crippen LogP contribution in [0.1, 0.15) is 86.5 Å². The molecule has 2 fully saturated rings. The Morgan fingerprint density at radius 1 is 1.00 bits per heavy atom. The highest BCUT2D eigenvalue weighted by Crippen LogP contribution is 2.38. The van der Waals surface area contributed by atoms with Crippen LogP contribution in [-0.2, 0) is 11.3 Å². The summed E-state index contributed by atoms with van der Waals surface area (Å²) in [5, 5.41) is 7.22. The van der Waals surface area contributed by atoms with E-state index in [-0.39, 0.29) is 29.5 Å². The van der Waals surface area contributed by atoms with Crippen LogP contribution in [0, 0.1) is 0 Å². The molecule has 0 bridgehead atoms. The summed E-state index contributed by atoms with van der Waals surface area (Å²) in [4.78, 5) is 61.9. The number of hydrogen-bond donors (Lipinski definition) is 1. The SMILES string of the molecule is COC(=O)c1ccc(N2CCN([C@H]3CC[C@H](N4Cc5cc(NC(=O)c6cnn7cccnc67)c(OC(C)C)cc5C4=O)CC3)CC2)cc1C=O. The molecule has 1 N–H and O–H groups in total. The average molecular weight is 680 g/mol. The normalized spacial score (nSPS) is 19.5. The molecule has 0 unspecified atom stereocenters. The minimum atomic E-state index is -0.518. The molecule has 13 nitrogen and oxygen atoms in total. The zero-order valence-electron chi connectivity index (χ0n) is 28.5. The molecule has 2 aliphatic heterocycles. The van der Waals surface area contributed by atoms with Crippen molar-refractivity contribution in [1.29, 1.82) is 0 Å². The number of amides is 2. The number of fused-ring (bicyclic) bond motifs is 2. The van der Waals surface area contributed by atoms with Crippen LogP contribution in [0.3, 0.4) is 0 Å². The Balaban J connectivity index is 0.977. The van der Waals surface area contributed by atoms with E-state index >= 15 is 0 Å². The molecule has 0 radical (unpaired) electrons. The van der Waals surface area contributed by atoms with Crippen LogP contribution in [0.15, 0.2) is 55.0 Å². The molecule has 50 heavy (non-hydrogen) atoms. The highest BCUT2D eigenvalue weighted by Gasteiger charge is 2.37. The largest absolute Gasteiger partial charge is 0.489 e. The molecule has 3 aliphatic rings. The Bertz CT molecular complexity index is 1940. The second-order valence-electron chi connectivity index (χ2n) is 13.4. The molecule has 4 aromatic rings. The first-order valence-electron chi connectivity index (χ1n) is 17.1. The van der Waals surface area contributed by atoms with Gasteiger partial charge < -0.3 is 24.6 Å². The third-order valence-corrected chi connectivity index (χ3v) is 10.0. The van der Waals surface area contributed by atoms with Crippen LogP contribution >= 0.6 is 0 Å². The standard InChI is InChI=1S/C37H41N7O6/c1-23(2)50-33-19-30-24(18-32(33)40-35(46)31-20-39-44-12-4-11-38-34(31)44)21-43(36(30)47)27-7-5-26(6-8-27)41-13-15-42(16-14-41)28-9-10-29(37(48)49-3)25(17-28)22-45/h4,9-12,17-20,22-23,26-27H,5-8,13-16,21H2,1-3H3,(H,40,46)/t26-,27-. The summed E-state index contributed by atoms with van der Waals surface area (Å²) < 4.78 is 12.4. The smallest absolute Gasteiger partial charge is 0.338 e. The average Bonchev–Trinajstić information content (AvgIpc) is 3.72. The quantitative estimate of drug-likeness (QED) is 0.199. The first kappa shape index (κ1) is 33.2. The summed E-state index contributed by atoms with van der Waals surface area (Å²) in [5.74, 6) is -0.412. The number of nitrogens with zero attached hydrogens (tertiary/aromatic N) is 6. The Labute approximate surface area is 290 Å². The summed E-state index contributed by atoms with van der Waals surface area (Å²) in [6.07, 6.45) is 9.23. The second-order valence-corrected chi connectivity index (χ2v) is 13.4. The summed E-state index contributed by atoms with van der Waals surface area (Å²) >= 11 is 0. The van der Waals surface area contributed by atoms with Crippen molar-refractivity contribution >= 4 is 41.1 Å². The summed E-state index contributed by atoms with van der Waals surface area (Å²) in [6, 6.07) is 11.3. The summed E-state index contributed by atoms with van der Waals surface area (Å²) in [6.45, 7) is 7.75. The molecule has 0 atom stereocenters. The van der Waals surface area contributed by atoms with Gasteiger partial charge in [0.2, 0.25) is 0 Å². The highest BCUT2D eigenvalue weighted by atomic mass is 16.5. The lowest BCUT2D eigenvalue weighted by atomic mass is 9.89. The van der Waals surface area contributed by atoms with Crippen LogP contribution < -0.4 is 15.0 Å². The van der Waals surface area contributed by atoms with Gasteiger partial charge in [0, 0.05) is 74.0 Å². The van der Waals surface area contributed by atoms with Gasteiger partial charge in [-0.15, -0.1) is 0 Å². The zero-order valence-corrected chi connectivity index (χ0v) is 28.5. The van der Waals surface area contributed by atoms with Crippen molar-refractivity contribution in [3.8, 4) is 5.75 Å². The maximum absolute atomic E-state index is 13.8. The van der Waals surface area contributed by atoms with Gasteiger partial charge >= 0.3 is 5.97 Å². The number of carbonyl (C=O) groups is 4. The van der Waals surface area contributed by atoms with E-state index in [1.807, 2.05) is 30.9 Å². The number of esters is 1. The number of piperazine rings is 1. The van der Waals surface area contributed by atoms with E-state index in [1.165, 1.54) is 13.3 Å². The molecule has 1 saturated heterocycles. The lowest BCUT2D eigenvalue weighted by Crippen LogP contribution is -2.52. The van der Waals surface area contributed by atoms with E-state index in [9.17, 15) is 19.2 Å². The Morgan fingerprint density at radius 2 is 1.76 bits per heavy atom. The number of hydrogen-bond acceptors (Lipinski definition) is 10. The Kier molecular flexibility index (Phi) is 9.23. The van der Waals surface area contributed by atoms with Gasteiger partial charge in [0.05, 0.1) is 30.7 Å². The van der Waals surface area contributed by atoms with Gasteiger partial charge in [-0.05, 0) is 81.5 Å². The molecular formula is C37H41N7O6. The molecule has 1 aliphatic carbocycles. The minimum absolute atomic E-state index is 0.00304. The van der Waals surface area contributed by atoms with Gasteiger partial charge in [-0.2, -0.15) is 5.10 Å². The third kappa shape index (κ3) is 6.40. The van der Waals surface area contributed by atoms with Gasteiger partial charge in [-0.25, -0.2) is 14.3 Å². The van der Waals surface area contributed by atoms with E-state index in [0.29, 0.717) is 52.6 Å². The monoisotopic (exact) mass is 679 g/mol. The van der Waals surface area contributed by atoms with Gasteiger partial charge in [-0.1, -0.05) is 0 Å². The van der Waals surface area contributed by atoms with Crippen molar-refractivity contribution in [3.63, 3.8) is 0 Å². The van der Waals surface area contributed by atoms with Crippen molar-refractivity contribution in [2.75, 3.05) is 43.5 Å². The second kappa shape index (κ2) is 13.9. The zero-order chi connectivity index (χ0) is 34.9. The first-order valence-corrected chi connectivity index (χ1v) is 17.1. The molecule has 260 valence electrons. The van der Waals surface area contributed by atoms with Crippen LogP contribution in [0.4, 0.5) is 11.4 Å². The fourth-order valence-electron chi connectivity index (χ4n) is 7.51. The number of aromatic nitrogens is 3. The van der Waals surface area contributed by atoms with Crippen molar-refractivity contribution in [3.05, 3.63) is 82.8 Å². The molecule has 13 heteroatoms. The highest BCUT2D eigenvalue weighted by molar-refractivity contribution is 6.09. The molecule has 4 heterocycles. The number of rotatable bonds is 9. The van der Waals surface area contributed by atoms with Crippen molar-refractivity contribution in [2.45, 2.75) is 64.3 Å². The summed E-state index contributed by atoms with van der Waals surface area (Å²) in [5.41, 5.74) is 4.33. The van der Waals surface area contributed by atoms with Crippen molar-refractivity contribution in [2.24, 2.45) is 0 Å². The number of anilines is 2. The fourth-order valence-corrected chi connectivity index (χ4v) is 7.51. The van der Waals surface area contributed by atoms with E-state index in [2.05, 4.69) is 25.2 Å². The number of aldehydes is 1. The Hall–Kier alpha value is -5.30. The van der Waals surface area contributed by atoms with Crippen LogP contribution in [0.5, 0.6) is 5.75 Å². The first-order chi connectivity index (χ1) is 24.2. The molecular weight excluding hydrogens is 638 g/mol. The number of carbonyl (C=O) groups excluding carboxylic acids is 4. The lowest BCUT2D eigenvalue weighted by Gasteiger charge is -2.43. The van der Waals surface area contributed by atoms with E-state index in [1.54, 1.807) is 41.2 Å². The number of ether oxygens (including phenoxy) is 2. The van der Waals surface area contributed by atoms with Gasteiger partial charge in [0.15, 0.2) is 11.9 Å². The molecule has 0 spiro atoms. The minimum Gasteiger partial charge on any atom is -0.489 e. The van der Waals surface area contributed by atoms with E-state index in [0.717, 1.165) is 63.1 Å². The Morgan fingerprint density at radius 3 is 2.48 bits per heavy atom. The molecule has 2 aromatic carbocycles. The molecule has 1 saturated carbocycles. The molecule has 2 aromatic heterocycles. The van der Waals surface area contributed by atoms with Crippen LogP contribution in [-0.4, -0.2) is 99.9 Å². The van der Waals surface area contributed by atoms with Crippen LogP contribution in [0.2, 0.25) is 0 Å². The number of methoxy groups -OCH3 is 1. The maximum atomic E-state index is 13.8. The van der Waals surface area contributed by atoms with Crippen molar-refractivity contribution in [1.82, 2.24) is 24.4 Å². The van der Waals surface area contributed by atoms with Gasteiger partial charge in [-0.3, -0.25) is 19.3 Å². The number of benzene rings is 2. The van der Waals surface area contributed by atoms with E-state index < -0.39 is 5.97 Å². The van der Waals surface area contributed by atoms with Gasteiger partial charge in [0.25, 0.3) is 11.8 Å². The topological polar surface area (TPSA) is 139 Å². The summed E-state index contributed by atoms with van der Waals surface area (Å²) in [7, 11) is 1.31. The van der Waals surface area contributed by atoms with Gasteiger partial charge in [0.1, 0.15) is 11.3 Å². The maximum Gasteiger partial charge on any atom is 0.338 e. The van der Waals surface area contributed by atoms with E-state index in [4.69, 9.17) is 9.47 Å².